The minimum Gasteiger partial charge on any atom is -0.292 e. The van der Waals surface area contributed by atoms with Gasteiger partial charge in [0.15, 0.2) is 0 Å². The maximum absolute atomic E-state index is 11.2. The number of benzene rings is 4. The van der Waals surface area contributed by atoms with Crippen molar-refractivity contribution in [3.8, 4) is 39.6 Å². The zero-order valence-electron chi connectivity index (χ0n) is 17.1. The van der Waals surface area contributed by atoms with Crippen LogP contribution in [0.5, 0.6) is 0 Å². The Balaban J connectivity index is 1.85. The van der Waals surface area contributed by atoms with Gasteiger partial charge in [0.2, 0.25) is 0 Å². The van der Waals surface area contributed by atoms with Crippen LogP contribution in [0.4, 0.5) is 5.69 Å². The van der Waals surface area contributed by atoms with Crippen LogP contribution in [0, 0.1) is 10.1 Å². The quantitative estimate of drug-likeness (QED) is 0.234. The Kier molecular flexibility index (Phi) is 5.06. The second kappa shape index (κ2) is 8.32. The maximum Gasteiger partial charge on any atom is 0.269 e. The van der Waals surface area contributed by atoms with Gasteiger partial charge in [-0.2, -0.15) is 0 Å². The number of nitro groups is 1. The molecule has 0 saturated carbocycles. The molecule has 154 valence electrons. The number of aromatic nitrogens is 2. The smallest absolute Gasteiger partial charge is 0.269 e. The zero-order valence-corrected chi connectivity index (χ0v) is 17.1. The summed E-state index contributed by atoms with van der Waals surface area (Å²) in [4.78, 5) is 15.9. The Bertz CT molecular complexity index is 1360. The van der Waals surface area contributed by atoms with Gasteiger partial charge in [-0.3, -0.25) is 14.7 Å². The second-order valence-electron chi connectivity index (χ2n) is 7.34. The van der Waals surface area contributed by atoms with Crippen molar-refractivity contribution in [1.29, 1.82) is 0 Å². The topological polar surface area (TPSA) is 61.0 Å². The first-order valence-electron chi connectivity index (χ1n) is 10.3. The first-order chi connectivity index (χ1) is 15.7. The molecular weight excluding hydrogens is 398 g/mol. The number of hydrogen-bond donors (Lipinski definition) is 0. The molecular formula is C27H19N3O2. The van der Waals surface area contributed by atoms with Crippen molar-refractivity contribution in [3.63, 3.8) is 0 Å². The van der Waals surface area contributed by atoms with Gasteiger partial charge >= 0.3 is 0 Å². The van der Waals surface area contributed by atoms with Crippen LogP contribution in [0.1, 0.15) is 0 Å². The number of nitrogens with zero attached hydrogens (tertiary/aromatic N) is 3. The highest BCUT2D eigenvalue weighted by atomic mass is 16.6. The molecule has 5 heteroatoms. The van der Waals surface area contributed by atoms with E-state index in [2.05, 4.69) is 16.7 Å². The molecule has 5 nitrogen and oxygen atoms in total. The fourth-order valence-corrected chi connectivity index (χ4v) is 3.84. The van der Waals surface area contributed by atoms with Crippen molar-refractivity contribution in [2.24, 2.45) is 0 Å². The van der Waals surface area contributed by atoms with E-state index < -0.39 is 0 Å². The van der Waals surface area contributed by atoms with Crippen LogP contribution < -0.4 is 0 Å². The van der Waals surface area contributed by atoms with Gasteiger partial charge < -0.3 is 0 Å². The van der Waals surface area contributed by atoms with Crippen LogP contribution in [0.2, 0.25) is 0 Å². The second-order valence-corrected chi connectivity index (χ2v) is 7.34. The Morgan fingerprint density at radius 3 is 1.66 bits per heavy atom. The average molecular weight is 417 g/mol. The molecule has 0 N–H and O–H groups in total. The first kappa shape index (κ1) is 19.5. The number of nitro benzene ring substituents is 1. The van der Waals surface area contributed by atoms with Gasteiger partial charge in [-0.15, -0.1) is 0 Å². The van der Waals surface area contributed by atoms with Gasteiger partial charge in [0.05, 0.1) is 16.3 Å². The third-order valence-electron chi connectivity index (χ3n) is 5.32. The molecule has 0 amide bonds. The van der Waals surface area contributed by atoms with Crippen LogP contribution in [0.3, 0.4) is 0 Å². The summed E-state index contributed by atoms with van der Waals surface area (Å²) in [6.07, 6.45) is 0. The number of hydrogen-bond acceptors (Lipinski definition) is 3. The highest BCUT2D eigenvalue weighted by Gasteiger charge is 2.22. The minimum atomic E-state index is -0.386. The molecule has 0 atom stereocenters. The molecule has 5 aromatic rings. The van der Waals surface area contributed by atoms with Crippen LogP contribution in [-0.4, -0.2) is 14.5 Å². The van der Waals surface area contributed by atoms with Gasteiger partial charge in [0.1, 0.15) is 5.82 Å². The van der Waals surface area contributed by atoms with Gasteiger partial charge in [-0.05, 0) is 12.1 Å². The standard InChI is InChI=1S/C27H19N3O2/c31-30(32)24-18-16-23(17-19-24)29-26(21-12-6-2-7-13-21)25(20-10-4-1-5-11-20)28-27(29)22-14-8-3-9-15-22/h1-19H. The van der Waals surface area contributed by atoms with E-state index in [0.717, 1.165) is 39.6 Å². The summed E-state index contributed by atoms with van der Waals surface area (Å²) in [7, 11) is 0. The fourth-order valence-electron chi connectivity index (χ4n) is 3.84. The van der Waals surface area contributed by atoms with E-state index in [9.17, 15) is 10.1 Å². The molecule has 0 fully saturated rings. The summed E-state index contributed by atoms with van der Waals surface area (Å²) >= 11 is 0. The lowest BCUT2D eigenvalue weighted by molar-refractivity contribution is -0.384. The number of rotatable bonds is 5. The lowest BCUT2D eigenvalue weighted by Crippen LogP contribution is -2.00. The van der Waals surface area contributed by atoms with Gasteiger partial charge in [-0.25, -0.2) is 4.98 Å². The van der Waals surface area contributed by atoms with Gasteiger partial charge in [0.25, 0.3) is 5.69 Å². The summed E-state index contributed by atoms with van der Waals surface area (Å²) in [5.41, 5.74) is 5.63. The van der Waals surface area contributed by atoms with E-state index in [4.69, 9.17) is 4.98 Å². The molecule has 4 aromatic carbocycles. The normalized spacial score (nSPS) is 10.8. The van der Waals surface area contributed by atoms with E-state index in [1.165, 1.54) is 12.1 Å². The maximum atomic E-state index is 11.2. The van der Waals surface area contributed by atoms with E-state index >= 15 is 0 Å². The van der Waals surface area contributed by atoms with Crippen molar-refractivity contribution in [1.82, 2.24) is 9.55 Å². The largest absolute Gasteiger partial charge is 0.292 e. The molecule has 32 heavy (non-hydrogen) atoms. The average Bonchev–Trinajstić information content (AvgIpc) is 3.26. The Labute approximate surface area is 185 Å². The van der Waals surface area contributed by atoms with Crippen molar-refractivity contribution < 1.29 is 4.92 Å². The third-order valence-corrected chi connectivity index (χ3v) is 5.32. The summed E-state index contributed by atoms with van der Waals surface area (Å²) < 4.78 is 2.08. The number of non-ortho nitro benzene ring substituents is 1. The molecule has 0 saturated heterocycles. The molecule has 0 bridgehead atoms. The summed E-state index contributed by atoms with van der Waals surface area (Å²) in [6, 6.07) is 36.7. The predicted molar refractivity (Wildman–Crippen MR) is 127 cm³/mol. The highest BCUT2D eigenvalue weighted by Crippen LogP contribution is 2.38. The summed E-state index contributed by atoms with van der Waals surface area (Å²) in [6.45, 7) is 0. The highest BCUT2D eigenvalue weighted by molar-refractivity contribution is 5.84. The predicted octanol–water partition coefficient (Wildman–Crippen LogP) is 6.78. The van der Waals surface area contributed by atoms with Crippen molar-refractivity contribution in [2.75, 3.05) is 0 Å². The monoisotopic (exact) mass is 417 g/mol. The van der Waals surface area contributed by atoms with Gasteiger partial charge in [-0.1, -0.05) is 91.0 Å². The van der Waals surface area contributed by atoms with Crippen LogP contribution in [-0.2, 0) is 0 Å². The Morgan fingerprint density at radius 1 is 0.625 bits per heavy atom. The molecule has 0 aliphatic heterocycles. The van der Waals surface area contributed by atoms with Gasteiger partial charge in [0, 0.05) is 34.5 Å². The first-order valence-corrected chi connectivity index (χ1v) is 10.3. The van der Waals surface area contributed by atoms with Crippen LogP contribution in [0.25, 0.3) is 39.6 Å². The number of imidazole rings is 1. The van der Waals surface area contributed by atoms with Crippen LogP contribution >= 0.6 is 0 Å². The summed E-state index contributed by atoms with van der Waals surface area (Å²) in [5, 5.41) is 11.2. The lowest BCUT2D eigenvalue weighted by atomic mass is 10.0. The SMILES string of the molecule is O=[N+]([O-])c1ccc(-n2c(-c3ccccc3)nc(-c3ccccc3)c2-c2ccccc2)cc1. The molecule has 1 heterocycles. The molecule has 1 aromatic heterocycles. The summed E-state index contributed by atoms with van der Waals surface area (Å²) in [5.74, 6) is 0.775. The van der Waals surface area contributed by atoms with E-state index in [0.29, 0.717) is 0 Å². The zero-order chi connectivity index (χ0) is 21.9. The Morgan fingerprint density at radius 2 is 1.12 bits per heavy atom. The van der Waals surface area contributed by atoms with Crippen molar-refractivity contribution >= 4 is 5.69 Å². The van der Waals surface area contributed by atoms with Crippen molar-refractivity contribution in [3.05, 3.63) is 125 Å². The van der Waals surface area contributed by atoms with E-state index in [-0.39, 0.29) is 10.6 Å². The lowest BCUT2D eigenvalue weighted by Gasteiger charge is -2.13. The fraction of sp³-hybridized carbons (Fsp3) is 0. The molecule has 5 rings (SSSR count). The minimum absolute atomic E-state index is 0.0553. The molecule has 0 aliphatic carbocycles. The molecule has 0 aliphatic rings. The third kappa shape index (κ3) is 3.56. The van der Waals surface area contributed by atoms with E-state index in [1.54, 1.807) is 12.1 Å². The van der Waals surface area contributed by atoms with Crippen LogP contribution in [0.15, 0.2) is 115 Å². The Hall–Kier alpha value is -4.51. The molecule has 0 unspecified atom stereocenters. The van der Waals surface area contributed by atoms with E-state index in [1.807, 2.05) is 78.9 Å². The molecule has 0 radical (unpaired) electrons. The van der Waals surface area contributed by atoms with Crippen molar-refractivity contribution in [2.45, 2.75) is 0 Å². The molecule has 0 spiro atoms.